The SMILES string of the molecule is CCCc1c(C(=O)O)sc2nc(-c3cccs3)c(C)n12. The molecule has 0 saturated carbocycles. The normalized spacial score (nSPS) is 11.3. The van der Waals surface area contributed by atoms with Crippen LogP contribution in [0.2, 0.25) is 0 Å². The van der Waals surface area contributed by atoms with Crippen molar-refractivity contribution in [3.05, 3.63) is 33.8 Å². The van der Waals surface area contributed by atoms with Crippen molar-refractivity contribution in [2.24, 2.45) is 0 Å². The van der Waals surface area contributed by atoms with Gasteiger partial charge in [-0.1, -0.05) is 30.7 Å². The van der Waals surface area contributed by atoms with E-state index < -0.39 is 5.97 Å². The number of imidazole rings is 1. The maximum Gasteiger partial charge on any atom is 0.347 e. The predicted molar refractivity (Wildman–Crippen MR) is 82.1 cm³/mol. The number of hydrogen-bond acceptors (Lipinski definition) is 4. The molecule has 0 fully saturated rings. The van der Waals surface area contributed by atoms with Crippen LogP contribution in [-0.2, 0) is 6.42 Å². The smallest absolute Gasteiger partial charge is 0.347 e. The fourth-order valence-corrected chi connectivity index (χ4v) is 4.21. The molecule has 0 spiro atoms. The van der Waals surface area contributed by atoms with E-state index in [9.17, 15) is 9.90 Å². The van der Waals surface area contributed by atoms with Gasteiger partial charge in [-0.3, -0.25) is 4.40 Å². The highest BCUT2D eigenvalue weighted by Gasteiger charge is 2.22. The summed E-state index contributed by atoms with van der Waals surface area (Å²) in [5, 5.41) is 11.4. The van der Waals surface area contributed by atoms with Gasteiger partial charge in [0.25, 0.3) is 0 Å². The van der Waals surface area contributed by atoms with Crippen LogP contribution < -0.4 is 0 Å². The van der Waals surface area contributed by atoms with Gasteiger partial charge < -0.3 is 5.11 Å². The molecule has 20 heavy (non-hydrogen) atoms. The molecule has 3 aromatic rings. The maximum atomic E-state index is 11.4. The molecule has 0 aromatic carbocycles. The molecule has 0 amide bonds. The first kappa shape index (κ1) is 13.3. The predicted octanol–water partition coefficient (Wildman–Crippen LogP) is 4.08. The molecule has 3 heterocycles. The number of aryl methyl sites for hydroxylation is 2. The monoisotopic (exact) mass is 306 g/mol. The van der Waals surface area contributed by atoms with Crippen molar-refractivity contribution in [3.8, 4) is 10.6 Å². The Morgan fingerprint density at radius 1 is 1.50 bits per heavy atom. The Bertz CT molecular complexity index is 769. The summed E-state index contributed by atoms with van der Waals surface area (Å²) in [6.07, 6.45) is 1.67. The van der Waals surface area contributed by atoms with Crippen LogP contribution in [-0.4, -0.2) is 20.5 Å². The summed E-state index contributed by atoms with van der Waals surface area (Å²) in [4.78, 5) is 18.3. The summed E-state index contributed by atoms with van der Waals surface area (Å²) in [5.74, 6) is -0.860. The van der Waals surface area contributed by atoms with Gasteiger partial charge in [-0.2, -0.15) is 0 Å². The number of carboxylic acids is 1. The van der Waals surface area contributed by atoms with E-state index in [4.69, 9.17) is 0 Å². The summed E-state index contributed by atoms with van der Waals surface area (Å²) < 4.78 is 2.01. The summed E-state index contributed by atoms with van der Waals surface area (Å²) >= 11 is 2.91. The number of thiophene rings is 1. The summed E-state index contributed by atoms with van der Waals surface area (Å²) in [7, 11) is 0. The molecule has 0 saturated heterocycles. The lowest BCUT2D eigenvalue weighted by Crippen LogP contribution is -2.02. The molecule has 0 aliphatic rings. The van der Waals surface area contributed by atoms with Crippen molar-refractivity contribution in [2.75, 3.05) is 0 Å². The minimum absolute atomic E-state index is 0.412. The Labute approximate surface area is 124 Å². The molecule has 0 atom stereocenters. The zero-order chi connectivity index (χ0) is 14.3. The van der Waals surface area contributed by atoms with E-state index in [2.05, 4.69) is 11.9 Å². The van der Waals surface area contributed by atoms with E-state index in [-0.39, 0.29) is 0 Å². The second kappa shape index (κ2) is 5.03. The largest absolute Gasteiger partial charge is 0.477 e. The van der Waals surface area contributed by atoms with Crippen molar-refractivity contribution in [1.29, 1.82) is 0 Å². The minimum atomic E-state index is -0.860. The molecular weight excluding hydrogens is 292 g/mol. The number of rotatable bonds is 4. The molecule has 104 valence electrons. The summed E-state index contributed by atoms with van der Waals surface area (Å²) in [6, 6.07) is 4.05. The quantitative estimate of drug-likeness (QED) is 0.790. The lowest BCUT2D eigenvalue weighted by molar-refractivity contribution is 0.0700. The summed E-state index contributed by atoms with van der Waals surface area (Å²) in [5.41, 5.74) is 2.85. The molecule has 0 aliphatic heterocycles. The van der Waals surface area contributed by atoms with Crippen LogP contribution in [0.25, 0.3) is 15.5 Å². The first-order valence-corrected chi connectivity index (χ1v) is 8.11. The third kappa shape index (κ3) is 1.96. The number of hydrogen-bond donors (Lipinski definition) is 1. The third-order valence-electron chi connectivity index (χ3n) is 3.24. The van der Waals surface area contributed by atoms with Crippen LogP contribution >= 0.6 is 22.7 Å². The molecule has 0 radical (unpaired) electrons. The van der Waals surface area contributed by atoms with Crippen molar-refractivity contribution in [2.45, 2.75) is 26.7 Å². The van der Waals surface area contributed by atoms with Gasteiger partial charge in [0.1, 0.15) is 10.6 Å². The number of nitrogens with zero attached hydrogens (tertiary/aromatic N) is 2. The highest BCUT2D eigenvalue weighted by Crippen LogP contribution is 2.33. The molecule has 6 heteroatoms. The average molecular weight is 306 g/mol. The molecule has 0 unspecified atom stereocenters. The number of thiazole rings is 1. The Kier molecular flexibility index (Phi) is 3.35. The van der Waals surface area contributed by atoms with Gasteiger partial charge in [-0.05, 0) is 24.8 Å². The van der Waals surface area contributed by atoms with E-state index >= 15 is 0 Å². The molecule has 1 N–H and O–H groups in total. The molecule has 3 rings (SSSR count). The molecule has 0 bridgehead atoms. The minimum Gasteiger partial charge on any atom is -0.477 e. The molecule has 4 nitrogen and oxygen atoms in total. The van der Waals surface area contributed by atoms with Crippen LogP contribution in [0.3, 0.4) is 0 Å². The summed E-state index contributed by atoms with van der Waals surface area (Å²) in [6.45, 7) is 4.06. The average Bonchev–Trinajstić information content (AvgIpc) is 3.08. The van der Waals surface area contributed by atoms with Gasteiger partial charge in [0.15, 0.2) is 4.96 Å². The Morgan fingerprint density at radius 2 is 2.30 bits per heavy atom. The van der Waals surface area contributed by atoms with Gasteiger partial charge >= 0.3 is 5.97 Å². The number of aromatic carboxylic acids is 1. The van der Waals surface area contributed by atoms with Crippen molar-refractivity contribution in [3.63, 3.8) is 0 Å². The topological polar surface area (TPSA) is 54.6 Å². The highest BCUT2D eigenvalue weighted by atomic mass is 32.1. The van der Waals surface area contributed by atoms with E-state index in [1.54, 1.807) is 11.3 Å². The van der Waals surface area contributed by atoms with E-state index in [0.29, 0.717) is 4.88 Å². The Hall–Kier alpha value is -1.66. The van der Waals surface area contributed by atoms with Gasteiger partial charge in [0, 0.05) is 11.4 Å². The first-order valence-electron chi connectivity index (χ1n) is 6.41. The van der Waals surface area contributed by atoms with Crippen LogP contribution in [0.5, 0.6) is 0 Å². The van der Waals surface area contributed by atoms with Gasteiger partial charge in [0.05, 0.1) is 4.88 Å². The first-order chi connectivity index (χ1) is 9.63. The van der Waals surface area contributed by atoms with Crippen molar-refractivity contribution >= 4 is 33.6 Å². The van der Waals surface area contributed by atoms with Crippen molar-refractivity contribution in [1.82, 2.24) is 9.38 Å². The van der Waals surface area contributed by atoms with Gasteiger partial charge in [-0.15, -0.1) is 11.3 Å². The van der Waals surface area contributed by atoms with E-state index in [1.165, 1.54) is 11.3 Å². The van der Waals surface area contributed by atoms with Gasteiger partial charge in [-0.25, -0.2) is 9.78 Å². The second-order valence-corrected chi connectivity index (χ2v) is 6.50. The second-order valence-electron chi connectivity index (χ2n) is 4.57. The van der Waals surface area contributed by atoms with Crippen LogP contribution in [0.4, 0.5) is 0 Å². The number of aromatic nitrogens is 2. The number of fused-ring (bicyclic) bond motifs is 1. The fourth-order valence-electron chi connectivity index (χ4n) is 2.39. The third-order valence-corrected chi connectivity index (χ3v) is 5.19. The molecule has 3 aromatic heterocycles. The Balaban J connectivity index is 2.26. The van der Waals surface area contributed by atoms with Crippen molar-refractivity contribution < 1.29 is 9.90 Å². The van der Waals surface area contributed by atoms with Crippen LogP contribution in [0.15, 0.2) is 17.5 Å². The lowest BCUT2D eigenvalue weighted by atomic mass is 10.2. The zero-order valence-corrected chi connectivity index (χ0v) is 12.8. The van der Waals surface area contributed by atoms with Crippen LogP contribution in [0, 0.1) is 6.92 Å². The lowest BCUT2D eigenvalue weighted by Gasteiger charge is -2.02. The zero-order valence-electron chi connectivity index (χ0n) is 11.2. The van der Waals surface area contributed by atoms with E-state index in [1.807, 2.05) is 28.8 Å². The standard InChI is InChI=1S/C14H14N2O2S2/c1-3-5-9-12(13(17)18)20-14-15-11(8(2)16(9)14)10-6-4-7-19-10/h4,6-7H,3,5H2,1-2H3,(H,17,18). The maximum absolute atomic E-state index is 11.4. The highest BCUT2D eigenvalue weighted by molar-refractivity contribution is 7.19. The van der Waals surface area contributed by atoms with Crippen LogP contribution in [0.1, 0.15) is 34.4 Å². The molecular formula is C14H14N2O2S2. The Morgan fingerprint density at radius 3 is 2.90 bits per heavy atom. The number of carbonyl (C=O) groups is 1. The van der Waals surface area contributed by atoms with Gasteiger partial charge in [0.2, 0.25) is 0 Å². The fraction of sp³-hybridized carbons (Fsp3) is 0.286. The number of carboxylic acid groups (broad SMARTS) is 1. The molecule has 0 aliphatic carbocycles. The van der Waals surface area contributed by atoms with E-state index in [0.717, 1.165) is 39.8 Å².